The molecule has 0 saturated carbocycles. The van der Waals surface area contributed by atoms with Gasteiger partial charge in [0.1, 0.15) is 11.5 Å². The van der Waals surface area contributed by atoms with E-state index >= 15 is 0 Å². The van der Waals surface area contributed by atoms with Gasteiger partial charge in [0.05, 0.1) is 25.7 Å². The van der Waals surface area contributed by atoms with Crippen molar-refractivity contribution >= 4 is 40.7 Å². The van der Waals surface area contributed by atoms with E-state index in [-0.39, 0.29) is 11.0 Å². The minimum Gasteiger partial charge on any atom is -0.497 e. The van der Waals surface area contributed by atoms with Crippen LogP contribution in [0.5, 0.6) is 11.5 Å². The van der Waals surface area contributed by atoms with Gasteiger partial charge >= 0.3 is 0 Å². The number of nitrogens with one attached hydrogen (secondary N) is 3. The Balaban J connectivity index is 1.75. The number of ether oxygens (including phenoxy) is 2. The zero-order chi connectivity index (χ0) is 19.6. The second kappa shape index (κ2) is 10.6. The van der Waals surface area contributed by atoms with Crippen molar-refractivity contribution in [2.45, 2.75) is 12.7 Å². The molecule has 0 bridgehead atoms. The van der Waals surface area contributed by atoms with E-state index in [1.807, 2.05) is 12.1 Å². The third kappa shape index (κ3) is 6.65. The number of anilines is 1. The predicted molar refractivity (Wildman–Crippen MR) is 114 cm³/mol. The molecule has 0 fully saturated rings. The number of hydrogen-bond donors (Lipinski definition) is 3. The lowest BCUT2D eigenvalue weighted by Gasteiger charge is -2.14. The highest BCUT2D eigenvalue weighted by molar-refractivity contribution is 7.99. The molecule has 0 saturated heterocycles. The molecule has 0 aromatic heterocycles. The number of aryl methyl sites for hydroxylation is 1. The average molecular weight is 406 g/mol. The number of benzene rings is 2. The van der Waals surface area contributed by atoms with Crippen LogP contribution >= 0.6 is 24.0 Å². The Labute approximate surface area is 169 Å². The topological polar surface area (TPSA) is 71.6 Å². The number of carbonyl (C=O) groups is 1. The third-order valence-corrected chi connectivity index (χ3v) is 4.91. The summed E-state index contributed by atoms with van der Waals surface area (Å²) < 4.78 is 10.5. The molecule has 3 N–H and O–H groups in total. The van der Waals surface area contributed by atoms with Crippen LogP contribution in [0.4, 0.5) is 5.69 Å². The normalized spacial score (nSPS) is 10.0. The quantitative estimate of drug-likeness (QED) is 0.482. The summed E-state index contributed by atoms with van der Waals surface area (Å²) in [5.41, 5.74) is 8.40. The Morgan fingerprint density at radius 2 is 1.89 bits per heavy atom. The van der Waals surface area contributed by atoms with Crippen LogP contribution in [0.1, 0.15) is 11.1 Å². The minimum atomic E-state index is -0.153. The van der Waals surface area contributed by atoms with Crippen LogP contribution in [0.25, 0.3) is 0 Å². The third-order valence-electron chi connectivity index (χ3n) is 3.72. The van der Waals surface area contributed by atoms with Crippen molar-refractivity contribution in [1.82, 2.24) is 10.9 Å². The monoisotopic (exact) mass is 405 g/mol. The molecule has 1 amide bonds. The summed E-state index contributed by atoms with van der Waals surface area (Å²) in [6.45, 7) is 2.06. The maximum absolute atomic E-state index is 12.0. The van der Waals surface area contributed by atoms with Crippen molar-refractivity contribution in [2.24, 2.45) is 0 Å². The molecule has 0 radical (unpaired) electrons. The van der Waals surface area contributed by atoms with Crippen LogP contribution in [0.2, 0.25) is 0 Å². The summed E-state index contributed by atoms with van der Waals surface area (Å²) in [7, 11) is 3.14. The number of hydrogen-bond acceptors (Lipinski definition) is 5. The largest absolute Gasteiger partial charge is 0.497 e. The summed E-state index contributed by atoms with van der Waals surface area (Å²) in [6, 6.07) is 13.5. The van der Waals surface area contributed by atoms with Gasteiger partial charge < -0.3 is 14.8 Å². The first-order valence-electron chi connectivity index (χ1n) is 8.23. The van der Waals surface area contributed by atoms with Crippen molar-refractivity contribution in [1.29, 1.82) is 0 Å². The molecule has 2 rings (SSSR count). The maximum atomic E-state index is 12.0. The molecular weight excluding hydrogens is 382 g/mol. The SMILES string of the molecule is COc1ccc(NC(=S)NNC(=O)CSCc2ccccc2C)c(OC)c1. The van der Waals surface area contributed by atoms with E-state index < -0.39 is 0 Å². The van der Waals surface area contributed by atoms with Gasteiger partial charge in [0.15, 0.2) is 5.11 Å². The number of methoxy groups -OCH3 is 2. The van der Waals surface area contributed by atoms with Gasteiger partial charge in [0.2, 0.25) is 5.91 Å². The summed E-state index contributed by atoms with van der Waals surface area (Å²) in [4.78, 5) is 12.0. The first-order valence-corrected chi connectivity index (χ1v) is 9.80. The highest BCUT2D eigenvalue weighted by atomic mass is 32.2. The lowest BCUT2D eigenvalue weighted by atomic mass is 10.1. The lowest BCUT2D eigenvalue weighted by Crippen LogP contribution is -2.44. The molecule has 0 unspecified atom stereocenters. The fourth-order valence-corrected chi connectivity index (χ4v) is 3.31. The van der Waals surface area contributed by atoms with E-state index in [9.17, 15) is 4.79 Å². The fraction of sp³-hybridized carbons (Fsp3) is 0.263. The molecule has 0 heterocycles. The van der Waals surface area contributed by atoms with Crippen molar-refractivity contribution in [2.75, 3.05) is 25.3 Å². The number of thiocarbonyl (C=S) groups is 1. The number of amides is 1. The summed E-state index contributed by atoms with van der Waals surface area (Å²) in [5.74, 6) is 2.22. The second-order valence-corrected chi connectivity index (χ2v) is 7.01. The molecule has 27 heavy (non-hydrogen) atoms. The van der Waals surface area contributed by atoms with E-state index in [4.69, 9.17) is 21.7 Å². The zero-order valence-electron chi connectivity index (χ0n) is 15.5. The van der Waals surface area contributed by atoms with Crippen LogP contribution in [0, 0.1) is 6.92 Å². The van der Waals surface area contributed by atoms with Crippen LogP contribution in [0.3, 0.4) is 0 Å². The Hall–Kier alpha value is -2.45. The van der Waals surface area contributed by atoms with Crippen molar-refractivity contribution in [3.63, 3.8) is 0 Å². The van der Waals surface area contributed by atoms with Gasteiger partial charge in [0.25, 0.3) is 0 Å². The molecule has 0 aliphatic heterocycles. The van der Waals surface area contributed by atoms with E-state index in [1.54, 1.807) is 44.2 Å². The van der Waals surface area contributed by atoms with E-state index in [0.717, 1.165) is 5.75 Å². The molecule has 0 atom stereocenters. The summed E-state index contributed by atoms with van der Waals surface area (Å²) in [5, 5.41) is 3.24. The smallest absolute Gasteiger partial charge is 0.248 e. The maximum Gasteiger partial charge on any atom is 0.248 e. The predicted octanol–water partition coefficient (Wildman–Crippen LogP) is 3.26. The van der Waals surface area contributed by atoms with Crippen LogP contribution in [-0.2, 0) is 10.5 Å². The number of thioether (sulfide) groups is 1. The Kier molecular flexibility index (Phi) is 8.22. The minimum absolute atomic E-state index is 0.153. The fourth-order valence-electron chi connectivity index (χ4n) is 2.24. The highest BCUT2D eigenvalue weighted by Crippen LogP contribution is 2.28. The lowest BCUT2D eigenvalue weighted by molar-refractivity contribution is -0.119. The standard InChI is InChI=1S/C19H23N3O3S2/c1-13-6-4-5-7-14(13)11-27-12-18(23)21-22-19(26)20-16-9-8-15(24-2)10-17(16)25-3/h4-10H,11-12H2,1-3H3,(H,21,23)(H2,20,22,26). The average Bonchev–Trinajstić information content (AvgIpc) is 2.68. The molecule has 8 heteroatoms. The first-order chi connectivity index (χ1) is 13.0. The van der Waals surface area contributed by atoms with Crippen molar-refractivity contribution < 1.29 is 14.3 Å². The van der Waals surface area contributed by atoms with Crippen molar-refractivity contribution in [3.05, 3.63) is 53.6 Å². The van der Waals surface area contributed by atoms with Gasteiger partial charge in [-0.1, -0.05) is 24.3 Å². The molecular formula is C19H23N3O3S2. The number of carbonyl (C=O) groups excluding carboxylic acids is 1. The zero-order valence-corrected chi connectivity index (χ0v) is 17.1. The van der Waals surface area contributed by atoms with Gasteiger partial charge in [-0.3, -0.25) is 15.6 Å². The Bertz CT molecular complexity index is 800. The molecule has 2 aromatic rings. The van der Waals surface area contributed by atoms with Crippen LogP contribution in [-0.4, -0.2) is 31.0 Å². The highest BCUT2D eigenvalue weighted by Gasteiger charge is 2.08. The summed E-state index contributed by atoms with van der Waals surface area (Å²) in [6.07, 6.45) is 0. The van der Waals surface area contributed by atoms with Gasteiger partial charge in [-0.2, -0.15) is 0 Å². The van der Waals surface area contributed by atoms with Crippen LogP contribution in [0.15, 0.2) is 42.5 Å². The van der Waals surface area contributed by atoms with Gasteiger partial charge in [-0.15, -0.1) is 11.8 Å². The summed E-state index contributed by atoms with van der Waals surface area (Å²) >= 11 is 6.74. The van der Waals surface area contributed by atoms with E-state index in [1.165, 1.54) is 11.1 Å². The first kappa shape index (κ1) is 20.9. The molecule has 2 aromatic carbocycles. The molecule has 0 aliphatic carbocycles. The molecule has 6 nitrogen and oxygen atoms in total. The number of hydrazine groups is 1. The molecule has 0 spiro atoms. The molecule has 0 aliphatic rings. The van der Waals surface area contributed by atoms with Gasteiger partial charge in [-0.25, -0.2) is 0 Å². The Morgan fingerprint density at radius 3 is 2.59 bits per heavy atom. The number of rotatable bonds is 7. The second-order valence-electron chi connectivity index (χ2n) is 5.61. The van der Waals surface area contributed by atoms with Gasteiger partial charge in [-0.05, 0) is 42.4 Å². The Morgan fingerprint density at radius 1 is 1.11 bits per heavy atom. The van der Waals surface area contributed by atoms with Crippen LogP contribution < -0.4 is 25.6 Å². The van der Waals surface area contributed by atoms with Crippen molar-refractivity contribution in [3.8, 4) is 11.5 Å². The van der Waals surface area contributed by atoms with Gasteiger partial charge in [0, 0.05) is 11.8 Å². The van der Waals surface area contributed by atoms with E-state index in [2.05, 4.69) is 35.2 Å². The molecule has 144 valence electrons. The van der Waals surface area contributed by atoms with E-state index in [0.29, 0.717) is 22.9 Å².